The normalized spacial score (nSPS) is 11.3. The second-order valence-corrected chi connectivity index (χ2v) is 6.40. The van der Waals surface area contributed by atoms with Gasteiger partial charge < -0.3 is 0 Å². The van der Waals surface area contributed by atoms with E-state index in [4.69, 9.17) is 0 Å². The molecule has 1 N–H and O–H groups in total. The van der Waals surface area contributed by atoms with E-state index < -0.39 is 0 Å². The van der Waals surface area contributed by atoms with E-state index in [-0.39, 0.29) is 5.91 Å². The Morgan fingerprint density at radius 3 is 2.15 bits per heavy atom. The fraction of sp³-hybridized carbons (Fsp3) is 0.130. The van der Waals surface area contributed by atoms with Crippen LogP contribution < -0.4 is 5.43 Å². The van der Waals surface area contributed by atoms with Gasteiger partial charge >= 0.3 is 0 Å². The number of aryl methyl sites for hydroxylation is 2. The number of hydrogen-bond acceptors (Lipinski definition) is 2. The number of rotatable bonds is 4. The summed E-state index contributed by atoms with van der Waals surface area (Å²) in [4.78, 5) is 12.3. The third kappa shape index (κ3) is 4.06. The standard InChI is InChI=1S/C23H22N2O/c1-16-9-14-22(17(2)15-16)18(3)24-25-23(26)21-12-10-20(11-13-21)19-7-5-4-6-8-19/h4-15H,1-3H3,(H,25,26). The van der Waals surface area contributed by atoms with Crippen LogP contribution in [0.5, 0.6) is 0 Å². The minimum atomic E-state index is -0.214. The second-order valence-electron chi connectivity index (χ2n) is 6.40. The van der Waals surface area contributed by atoms with E-state index in [1.165, 1.54) is 5.56 Å². The van der Waals surface area contributed by atoms with Gasteiger partial charge in [0.15, 0.2) is 0 Å². The first-order valence-electron chi connectivity index (χ1n) is 8.62. The van der Waals surface area contributed by atoms with Gasteiger partial charge in [0.2, 0.25) is 0 Å². The Labute approximate surface area is 154 Å². The number of nitrogens with zero attached hydrogens (tertiary/aromatic N) is 1. The zero-order valence-electron chi connectivity index (χ0n) is 15.3. The van der Waals surface area contributed by atoms with Crippen LogP contribution in [0.3, 0.4) is 0 Å². The molecular weight excluding hydrogens is 320 g/mol. The number of amides is 1. The molecule has 0 bridgehead atoms. The summed E-state index contributed by atoms with van der Waals surface area (Å²) >= 11 is 0. The molecule has 0 saturated carbocycles. The summed E-state index contributed by atoms with van der Waals surface area (Å²) in [6.07, 6.45) is 0. The van der Waals surface area contributed by atoms with Crippen molar-refractivity contribution < 1.29 is 4.79 Å². The molecular formula is C23H22N2O. The summed E-state index contributed by atoms with van der Waals surface area (Å²) in [5.41, 5.74) is 9.62. The summed E-state index contributed by atoms with van der Waals surface area (Å²) in [5, 5.41) is 4.26. The maximum absolute atomic E-state index is 12.3. The number of hydrogen-bond donors (Lipinski definition) is 1. The van der Waals surface area contributed by atoms with Crippen molar-refractivity contribution >= 4 is 11.6 Å². The molecule has 0 unspecified atom stereocenters. The van der Waals surface area contributed by atoms with Gasteiger partial charge in [0.25, 0.3) is 5.91 Å². The van der Waals surface area contributed by atoms with Crippen LogP contribution in [0.25, 0.3) is 11.1 Å². The lowest BCUT2D eigenvalue weighted by molar-refractivity contribution is 0.0955. The number of nitrogens with one attached hydrogen (secondary N) is 1. The lowest BCUT2D eigenvalue weighted by Gasteiger charge is -2.07. The third-order valence-electron chi connectivity index (χ3n) is 4.35. The van der Waals surface area contributed by atoms with Crippen LogP contribution in [-0.2, 0) is 0 Å². The van der Waals surface area contributed by atoms with Crippen LogP contribution in [0, 0.1) is 13.8 Å². The van der Waals surface area contributed by atoms with Gasteiger partial charge in [-0.2, -0.15) is 5.10 Å². The van der Waals surface area contributed by atoms with Crippen molar-refractivity contribution in [3.8, 4) is 11.1 Å². The van der Waals surface area contributed by atoms with E-state index in [9.17, 15) is 4.79 Å². The Balaban J connectivity index is 1.71. The molecule has 1 amide bonds. The highest BCUT2D eigenvalue weighted by molar-refractivity contribution is 6.01. The van der Waals surface area contributed by atoms with Crippen LogP contribution >= 0.6 is 0 Å². The van der Waals surface area contributed by atoms with E-state index in [2.05, 4.69) is 23.5 Å². The molecule has 0 radical (unpaired) electrons. The van der Waals surface area contributed by atoms with Gasteiger partial charge in [0.1, 0.15) is 0 Å². The quantitative estimate of drug-likeness (QED) is 0.518. The predicted octanol–water partition coefficient (Wildman–Crippen LogP) is 5.12. The van der Waals surface area contributed by atoms with E-state index in [1.54, 1.807) is 0 Å². The fourth-order valence-electron chi connectivity index (χ4n) is 2.92. The maximum Gasteiger partial charge on any atom is 0.271 e. The molecule has 3 aromatic rings. The van der Waals surface area contributed by atoms with Gasteiger partial charge in [-0.25, -0.2) is 5.43 Å². The van der Waals surface area contributed by atoms with E-state index >= 15 is 0 Å². The molecule has 3 heteroatoms. The molecule has 0 atom stereocenters. The van der Waals surface area contributed by atoms with E-state index in [0.717, 1.165) is 28.0 Å². The van der Waals surface area contributed by atoms with Gasteiger partial charge in [-0.1, -0.05) is 66.2 Å². The van der Waals surface area contributed by atoms with Crippen molar-refractivity contribution in [2.24, 2.45) is 5.10 Å². The molecule has 3 nitrogen and oxygen atoms in total. The van der Waals surface area contributed by atoms with Crippen molar-refractivity contribution in [2.75, 3.05) is 0 Å². The average molecular weight is 342 g/mol. The van der Waals surface area contributed by atoms with E-state index in [1.807, 2.05) is 80.6 Å². The Morgan fingerprint density at radius 2 is 1.50 bits per heavy atom. The van der Waals surface area contributed by atoms with E-state index in [0.29, 0.717) is 5.56 Å². The summed E-state index contributed by atoms with van der Waals surface area (Å²) in [7, 11) is 0. The van der Waals surface area contributed by atoms with Gasteiger partial charge in [-0.3, -0.25) is 4.79 Å². The zero-order chi connectivity index (χ0) is 18.5. The number of hydrazone groups is 1. The second kappa shape index (κ2) is 7.79. The molecule has 0 heterocycles. The SMILES string of the molecule is CC(=NNC(=O)c1ccc(-c2ccccc2)cc1)c1ccc(C)cc1C. The van der Waals surface area contributed by atoms with Crippen molar-refractivity contribution in [2.45, 2.75) is 20.8 Å². The molecule has 0 aromatic heterocycles. The number of carbonyl (C=O) groups excluding carboxylic acids is 1. The van der Waals surface area contributed by atoms with Crippen molar-refractivity contribution in [3.63, 3.8) is 0 Å². The summed E-state index contributed by atoms with van der Waals surface area (Å²) in [6.45, 7) is 6.01. The highest BCUT2D eigenvalue weighted by atomic mass is 16.2. The molecule has 3 aromatic carbocycles. The lowest BCUT2D eigenvalue weighted by Crippen LogP contribution is -2.19. The first kappa shape index (κ1) is 17.6. The molecule has 0 aliphatic heterocycles. The zero-order valence-corrected chi connectivity index (χ0v) is 15.3. The van der Waals surface area contributed by atoms with Crippen LogP contribution in [0.15, 0.2) is 77.9 Å². The van der Waals surface area contributed by atoms with Crippen LogP contribution in [0.2, 0.25) is 0 Å². The average Bonchev–Trinajstić information content (AvgIpc) is 2.66. The van der Waals surface area contributed by atoms with Crippen LogP contribution in [0.4, 0.5) is 0 Å². The van der Waals surface area contributed by atoms with Crippen LogP contribution in [0.1, 0.15) is 34.0 Å². The maximum atomic E-state index is 12.3. The Kier molecular flexibility index (Phi) is 5.28. The molecule has 0 fully saturated rings. The van der Waals surface area contributed by atoms with Gasteiger partial charge in [0, 0.05) is 11.1 Å². The minimum Gasteiger partial charge on any atom is -0.267 e. The highest BCUT2D eigenvalue weighted by Crippen LogP contribution is 2.19. The fourth-order valence-corrected chi connectivity index (χ4v) is 2.92. The minimum absolute atomic E-state index is 0.214. The van der Waals surface area contributed by atoms with Gasteiger partial charge in [-0.05, 0) is 49.6 Å². The monoisotopic (exact) mass is 342 g/mol. The Hall–Kier alpha value is -3.20. The van der Waals surface area contributed by atoms with Gasteiger partial charge in [-0.15, -0.1) is 0 Å². The predicted molar refractivity (Wildman–Crippen MR) is 107 cm³/mol. The van der Waals surface area contributed by atoms with Gasteiger partial charge in [0.05, 0.1) is 5.71 Å². The first-order valence-corrected chi connectivity index (χ1v) is 8.62. The smallest absolute Gasteiger partial charge is 0.267 e. The third-order valence-corrected chi connectivity index (χ3v) is 4.35. The molecule has 130 valence electrons. The summed E-state index contributed by atoms with van der Waals surface area (Å²) < 4.78 is 0. The topological polar surface area (TPSA) is 41.5 Å². The lowest BCUT2D eigenvalue weighted by atomic mass is 10.0. The molecule has 0 aliphatic carbocycles. The van der Waals surface area contributed by atoms with Crippen molar-refractivity contribution in [1.29, 1.82) is 0 Å². The largest absolute Gasteiger partial charge is 0.271 e. The Bertz CT molecular complexity index is 942. The van der Waals surface area contributed by atoms with Crippen molar-refractivity contribution in [1.82, 2.24) is 5.43 Å². The number of benzene rings is 3. The molecule has 0 aliphatic rings. The number of carbonyl (C=O) groups is 1. The van der Waals surface area contributed by atoms with Crippen molar-refractivity contribution in [3.05, 3.63) is 95.1 Å². The molecule has 3 rings (SSSR count). The van der Waals surface area contributed by atoms with Crippen LogP contribution in [-0.4, -0.2) is 11.6 Å². The Morgan fingerprint density at radius 1 is 0.846 bits per heavy atom. The first-order chi connectivity index (χ1) is 12.5. The molecule has 26 heavy (non-hydrogen) atoms. The molecule has 0 spiro atoms. The highest BCUT2D eigenvalue weighted by Gasteiger charge is 2.07. The molecule has 0 saturated heterocycles. The summed E-state index contributed by atoms with van der Waals surface area (Å²) in [6, 6.07) is 23.8. The summed E-state index contributed by atoms with van der Waals surface area (Å²) in [5.74, 6) is -0.214.